The van der Waals surface area contributed by atoms with Gasteiger partial charge in [0.2, 0.25) is 5.91 Å². The number of carbonyl (C=O) groups excluding carboxylic acids is 1. The van der Waals surface area contributed by atoms with E-state index in [0.717, 1.165) is 16.9 Å². The molecule has 3 nitrogen and oxygen atoms in total. The van der Waals surface area contributed by atoms with E-state index in [1.807, 2.05) is 18.4 Å². The summed E-state index contributed by atoms with van der Waals surface area (Å²) in [6.45, 7) is 2.65. The molecule has 0 fully saturated rings. The normalized spacial score (nSPS) is 9.53. The van der Waals surface area contributed by atoms with Crippen LogP contribution in [0.3, 0.4) is 0 Å². The van der Waals surface area contributed by atoms with Crippen LogP contribution in [0.1, 0.15) is 36.6 Å². The van der Waals surface area contributed by atoms with Crippen molar-refractivity contribution in [2.24, 2.45) is 0 Å². The molecule has 0 atom stereocenters. The third-order valence-electron chi connectivity index (χ3n) is 2.06. The minimum Gasteiger partial charge on any atom is -0.395 e. The highest BCUT2D eigenvalue weighted by Crippen LogP contribution is 2.13. The number of amides is 1. The predicted molar refractivity (Wildman–Crippen MR) is 69.7 cm³/mol. The number of hydrogen-bond acceptors (Lipinski definition) is 3. The highest BCUT2D eigenvalue weighted by molar-refractivity contribution is 7.10. The minimum atomic E-state index is 0.0915. The van der Waals surface area contributed by atoms with Gasteiger partial charge >= 0.3 is 0 Å². The summed E-state index contributed by atoms with van der Waals surface area (Å²) in [6.07, 6.45) is 1.95. The number of hydrogen-bond donors (Lipinski definition) is 2. The van der Waals surface area contributed by atoms with E-state index in [4.69, 9.17) is 5.11 Å². The van der Waals surface area contributed by atoms with Crippen molar-refractivity contribution in [2.45, 2.75) is 32.7 Å². The van der Waals surface area contributed by atoms with Crippen LogP contribution in [0.15, 0.2) is 11.4 Å². The second-order valence-corrected chi connectivity index (χ2v) is 4.60. The molecule has 1 heterocycles. The second-order valence-electron chi connectivity index (χ2n) is 3.60. The number of nitrogens with one attached hydrogen (secondary N) is 1. The average Bonchev–Trinajstić information content (AvgIpc) is 2.75. The highest BCUT2D eigenvalue weighted by atomic mass is 32.1. The Kier molecular flexibility index (Phi) is 6.38. The van der Waals surface area contributed by atoms with Crippen LogP contribution in [0.25, 0.3) is 0 Å². The van der Waals surface area contributed by atoms with Gasteiger partial charge in [-0.2, -0.15) is 0 Å². The number of aliphatic hydroxyl groups is 1. The van der Waals surface area contributed by atoms with Crippen LogP contribution in [-0.4, -0.2) is 17.6 Å². The van der Waals surface area contributed by atoms with Crippen molar-refractivity contribution >= 4 is 17.2 Å². The van der Waals surface area contributed by atoms with Gasteiger partial charge in [-0.15, -0.1) is 11.3 Å². The summed E-state index contributed by atoms with van der Waals surface area (Å²) in [5.74, 6) is 5.93. The van der Waals surface area contributed by atoms with Crippen molar-refractivity contribution in [2.75, 3.05) is 6.61 Å². The van der Waals surface area contributed by atoms with Crippen molar-refractivity contribution in [1.29, 1.82) is 0 Å². The first kappa shape index (κ1) is 13.8. The topological polar surface area (TPSA) is 49.3 Å². The molecular weight excluding hydrogens is 234 g/mol. The molecule has 4 heteroatoms. The van der Waals surface area contributed by atoms with Gasteiger partial charge in [0.1, 0.15) is 0 Å². The SMILES string of the molecule is CCCC(=O)NCc1cc(C#CCCO)cs1. The standard InChI is InChI=1S/C13H17NO2S/c1-2-5-13(16)14-9-12-8-11(10-17-12)6-3-4-7-15/h8,10,15H,2,4-5,7,9H2,1H3,(H,14,16). The monoisotopic (exact) mass is 251 g/mol. The van der Waals surface area contributed by atoms with E-state index in [2.05, 4.69) is 17.2 Å². The van der Waals surface area contributed by atoms with Gasteiger partial charge in [-0.05, 0) is 12.5 Å². The molecule has 0 aliphatic heterocycles. The fourth-order valence-electron chi connectivity index (χ4n) is 1.26. The molecule has 1 amide bonds. The maximum atomic E-state index is 11.3. The van der Waals surface area contributed by atoms with E-state index in [9.17, 15) is 4.79 Å². The molecule has 0 unspecified atom stereocenters. The zero-order valence-electron chi connectivity index (χ0n) is 9.95. The Balaban J connectivity index is 2.41. The fraction of sp³-hybridized carbons (Fsp3) is 0.462. The van der Waals surface area contributed by atoms with Crippen molar-refractivity contribution in [1.82, 2.24) is 5.32 Å². The summed E-state index contributed by atoms with van der Waals surface area (Å²) in [5.41, 5.74) is 0.947. The van der Waals surface area contributed by atoms with Gasteiger partial charge in [0.15, 0.2) is 0 Å². The molecule has 2 N–H and O–H groups in total. The van der Waals surface area contributed by atoms with E-state index >= 15 is 0 Å². The van der Waals surface area contributed by atoms with E-state index < -0.39 is 0 Å². The Hall–Kier alpha value is -1.31. The number of aliphatic hydroxyl groups excluding tert-OH is 1. The van der Waals surface area contributed by atoms with Crippen LogP contribution < -0.4 is 5.32 Å². The molecule has 92 valence electrons. The molecule has 1 aromatic rings. The zero-order chi connectivity index (χ0) is 12.5. The van der Waals surface area contributed by atoms with Gasteiger partial charge in [0, 0.05) is 28.7 Å². The predicted octanol–water partition coefficient (Wildman–Crippen LogP) is 1.90. The largest absolute Gasteiger partial charge is 0.395 e. The Morgan fingerprint density at radius 1 is 1.59 bits per heavy atom. The number of thiophene rings is 1. The molecule has 0 saturated heterocycles. The second kappa shape index (κ2) is 7.88. The zero-order valence-corrected chi connectivity index (χ0v) is 10.8. The lowest BCUT2D eigenvalue weighted by Gasteiger charge is -2.00. The number of carbonyl (C=O) groups is 1. The van der Waals surface area contributed by atoms with Crippen LogP contribution >= 0.6 is 11.3 Å². The summed E-state index contributed by atoms with van der Waals surface area (Å²) in [4.78, 5) is 12.4. The molecule has 17 heavy (non-hydrogen) atoms. The van der Waals surface area contributed by atoms with Crippen LogP contribution in [0, 0.1) is 11.8 Å². The quantitative estimate of drug-likeness (QED) is 0.785. The fourth-order valence-corrected chi connectivity index (χ4v) is 2.02. The van der Waals surface area contributed by atoms with Crippen molar-refractivity contribution in [3.8, 4) is 11.8 Å². The third kappa shape index (κ3) is 5.53. The summed E-state index contributed by atoms with van der Waals surface area (Å²) >= 11 is 1.59. The molecule has 0 bridgehead atoms. The Morgan fingerprint density at radius 2 is 2.41 bits per heavy atom. The highest BCUT2D eigenvalue weighted by Gasteiger charge is 2.01. The van der Waals surface area contributed by atoms with Crippen LogP contribution in [0.2, 0.25) is 0 Å². The van der Waals surface area contributed by atoms with Gasteiger partial charge in [0.25, 0.3) is 0 Å². The first-order chi connectivity index (χ1) is 8.26. The van der Waals surface area contributed by atoms with E-state index in [-0.39, 0.29) is 12.5 Å². The smallest absolute Gasteiger partial charge is 0.220 e. The summed E-state index contributed by atoms with van der Waals surface area (Å²) < 4.78 is 0. The maximum Gasteiger partial charge on any atom is 0.220 e. The maximum absolute atomic E-state index is 11.3. The summed E-state index contributed by atoms with van der Waals surface area (Å²) in [5, 5.41) is 13.4. The first-order valence-corrected chi connectivity index (χ1v) is 6.58. The lowest BCUT2D eigenvalue weighted by Crippen LogP contribution is -2.21. The first-order valence-electron chi connectivity index (χ1n) is 5.70. The Labute approximate surface area is 106 Å². The molecule has 0 aliphatic carbocycles. The molecule has 1 rings (SSSR count). The Bertz CT molecular complexity index is 415. The van der Waals surface area contributed by atoms with Crippen molar-refractivity contribution < 1.29 is 9.90 Å². The molecule has 0 aromatic carbocycles. The van der Waals surface area contributed by atoms with Gasteiger partial charge in [0.05, 0.1) is 13.2 Å². The van der Waals surface area contributed by atoms with Crippen molar-refractivity contribution in [3.63, 3.8) is 0 Å². The summed E-state index contributed by atoms with van der Waals surface area (Å²) in [7, 11) is 0. The van der Waals surface area contributed by atoms with Gasteiger partial charge in [-0.25, -0.2) is 0 Å². The van der Waals surface area contributed by atoms with Gasteiger partial charge in [-0.3, -0.25) is 4.79 Å². The summed E-state index contributed by atoms with van der Waals surface area (Å²) in [6, 6.07) is 1.97. The van der Waals surface area contributed by atoms with Gasteiger partial charge < -0.3 is 10.4 Å². The van der Waals surface area contributed by atoms with E-state index in [1.54, 1.807) is 11.3 Å². The molecule has 0 saturated carbocycles. The molecule has 0 spiro atoms. The third-order valence-corrected chi connectivity index (χ3v) is 3.00. The van der Waals surface area contributed by atoms with Crippen molar-refractivity contribution in [3.05, 3.63) is 21.9 Å². The minimum absolute atomic E-state index is 0.0915. The molecular formula is C13H17NO2S. The average molecular weight is 251 g/mol. The number of rotatable bonds is 5. The lowest BCUT2D eigenvalue weighted by atomic mass is 10.3. The van der Waals surface area contributed by atoms with Crippen LogP contribution in [0.4, 0.5) is 0 Å². The Morgan fingerprint density at radius 3 is 3.12 bits per heavy atom. The molecule has 0 aliphatic rings. The van der Waals surface area contributed by atoms with Gasteiger partial charge in [-0.1, -0.05) is 18.8 Å². The van der Waals surface area contributed by atoms with Crippen LogP contribution in [-0.2, 0) is 11.3 Å². The molecule has 1 aromatic heterocycles. The molecule has 0 radical (unpaired) electrons. The van der Waals surface area contributed by atoms with E-state index in [1.165, 1.54) is 0 Å². The van der Waals surface area contributed by atoms with Crippen LogP contribution in [0.5, 0.6) is 0 Å². The lowest BCUT2D eigenvalue weighted by molar-refractivity contribution is -0.121. The van der Waals surface area contributed by atoms with E-state index in [0.29, 0.717) is 19.4 Å².